The van der Waals surface area contributed by atoms with E-state index < -0.39 is 0 Å². The summed E-state index contributed by atoms with van der Waals surface area (Å²) in [5, 5.41) is 11.6. The minimum atomic E-state index is -0.0901. The van der Waals surface area contributed by atoms with E-state index in [-0.39, 0.29) is 5.91 Å². The molecule has 0 saturated heterocycles. The van der Waals surface area contributed by atoms with Crippen molar-refractivity contribution in [2.75, 3.05) is 18.9 Å². The fourth-order valence-electron chi connectivity index (χ4n) is 2.54. The Morgan fingerprint density at radius 2 is 1.96 bits per heavy atom. The van der Waals surface area contributed by atoms with Crippen LogP contribution in [-0.4, -0.2) is 34.6 Å². The molecule has 5 nitrogen and oxygen atoms in total. The van der Waals surface area contributed by atoms with Crippen LogP contribution in [0.2, 0.25) is 0 Å². The molecule has 0 saturated carbocycles. The number of nitrogens with one attached hydrogen (secondary N) is 1. The lowest BCUT2D eigenvalue weighted by atomic mass is 10.1. The lowest BCUT2D eigenvalue weighted by molar-refractivity contribution is 0.0786. The number of amides is 1. The standard InChI is InChI=1S/C19H26N4O/c1-5-7-13-23(4)19(24)16-11-12-17(22-21-16)20-18-14(3)9-8-10-15(18)6-2/h8-12H,5-7,13H2,1-4H3,(H,20,22). The van der Waals surface area contributed by atoms with Gasteiger partial charge in [-0.05, 0) is 43.0 Å². The van der Waals surface area contributed by atoms with Crippen LogP contribution in [0.3, 0.4) is 0 Å². The van der Waals surface area contributed by atoms with Gasteiger partial charge in [-0.1, -0.05) is 38.5 Å². The number of hydrogen-bond donors (Lipinski definition) is 1. The second-order valence-corrected chi connectivity index (χ2v) is 5.97. The molecule has 1 aromatic carbocycles. The molecule has 5 heteroatoms. The first kappa shape index (κ1) is 17.9. The number of aromatic nitrogens is 2. The fourth-order valence-corrected chi connectivity index (χ4v) is 2.54. The number of aryl methyl sites for hydroxylation is 2. The number of para-hydroxylation sites is 1. The highest BCUT2D eigenvalue weighted by molar-refractivity contribution is 5.92. The Bertz CT molecular complexity index is 682. The van der Waals surface area contributed by atoms with Crippen molar-refractivity contribution in [3.05, 3.63) is 47.2 Å². The van der Waals surface area contributed by atoms with Crippen LogP contribution in [0.4, 0.5) is 11.5 Å². The van der Waals surface area contributed by atoms with E-state index in [2.05, 4.69) is 54.5 Å². The van der Waals surface area contributed by atoms with Crippen LogP contribution in [0.25, 0.3) is 0 Å². The van der Waals surface area contributed by atoms with Crippen LogP contribution in [0.5, 0.6) is 0 Å². The van der Waals surface area contributed by atoms with Crippen molar-refractivity contribution in [1.82, 2.24) is 15.1 Å². The molecule has 0 aliphatic rings. The van der Waals surface area contributed by atoms with E-state index in [0.717, 1.165) is 37.1 Å². The third kappa shape index (κ3) is 4.31. The second kappa shape index (κ2) is 8.43. The normalized spacial score (nSPS) is 10.5. The van der Waals surface area contributed by atoms with Gasteiger partial charge in [-0.3, -0.25) is 4.79 Å². The minimum absolute atomic E-state index is 0.0901. The molecule has 1 N–H and O–H groups in total. The van der Waals surface area contributed by atoms with Gasteiger partial charge in [0, 0.05) is 19.3 Å². The van der Waals surface area contributed by atoms with E-state index in [1.54, 1.807) is 24.1 Å². The summed E-state index contributed by atoms with van der Waals surface area (Å²) in [5.41, 5.74) is 3.83. The topological polar surface area (TPSA) is 58.1 Å². The van der Waals surface area contributed by atoms with Gasteiger partial charge in [-0.2, -0.15) is 0 Å². The van der Waals surface area contributed by atoms with Gasteiger partial charge in [-0.15, -0.1) is 10.2 Å². The lowest BCUT2D eigenvalue weighted by Crippen LogP contribution is -2.28. The Balaban J connectivity index is 2.12. The van der Waals surface area contributed by atoms with Gasteiger partial charge in [0.05, 0.1) is 0 Å². The monoisotopic (exact) mass is 326 g/mol. The number of carbonyl (C=O) groups excluding carboxylic acids is 1. The van der Waals surface area contributed by atoms with Gasteiger partial charge in [0.15, 0.2) is 11.5 Å². The maximum absolute atomic E-state index is 12.3. The summed E-state index contributed by atoms with van der Waals surface area (Å²) in [6, 6.07) is 9.75. The number of rotatable bonds is 7. The Morgan fingerprint density at radius 1 is 1.17 bits per heavy atom. The molecule has 1 aromatic heterocycles. The van der Waals surface area contributed by atoms with Gasteiger partial charge in [-0.25, -0.2) is 0 Å². The molecule has 0 unspecified atom stereocenters. The molecular formula is C19H26N4O. The SMILES string of the molecule is CCCCN(C)C(=O)c1ccc(Nc2c(C)cccc2CC)nn1. The first-order valence-corrected chi connectivity index (χ1v) is 8.51. The molecule has 0 aliphatic carbocycles. The van der Waals surface area contributed by atoms with Gasteiger partial charge in [0.25, 0.3) is 5.91 Å². The van der Waals surface area contributed by atoms with Crippen LogP contribution in [-0.2, 0) is 6.42 Å². The highest BCUT2D eigenvalue weighted by Crippen LogP contribution is 2.24. The summed E-state index contributed by atoms with van der Waals surface area (Å²) >= 11 is 0. The predicted molar refractivity (Wildman–Crippen MR) is 97.7 cm³/mol. The highest BCUT2D eigenvalue weighted by Gasteiger charge is 2.13. The fraction of sp³-hybridized carbons (Fsp3) is 0.421. The maximum Gasteiger partial charge on any atom is 0.274 e. The number of hydrogen-bond acceptors (Lipinski definition) is 4. The third-order valence-electron chi connectivity index (χ3n) is 4.07. The minimum Gasteiger partial charge on any atom is -0.340 e. The number of anilines is 2. The zero-order valence-corrected chi connectivity index (χ0v) is 15.0. The summed E-state index contributed by atoms with van der Waals surface area (Å²) in [6.07, 6.45) is 2.99. The van der Waals surface area contributed by atoms with Crippen molar-refractivity contribution in [2.24, 2.45) is 0 Å². The molecule has 0 spiro atoms. The van der Waals surface area contributed by atoms with Crippen LogP contribution in [0.15, 0.2) is 30.3 Å². The summed E-state index contributed by atoms with van der Waals surface area (Å²) in [6.45, 7) is 7.03. The molecule has 0 atom stereocenters. The average molecular weight is 326 g/mol. The summed E-state index contributed by atoms with van der Waals surface area (Å²) in [7, 11) is 1.80. The molecule has 1 heterocycles. The van der Waals surface area contributed by atoms with Crippen LogP contribution >= 0.6 is 0 Å². The van der Waals surface area contributed by atoms with Crippen LogP contribution in [0, 0.1) is 6.92 Å². The molecule has 0 aliphatic heterocycles. The van der Waals surface area contributed by atoms with Gasteiger partial charge >= 0.3 is 0 Å². The van der Waals surface area contributed by atoms with E-state index in [1.807, 2.05) is 0 Å². The second-order valence-electron chi connectivity index (χ2n) is 5.97. The molecule has 128 valence electrons. The summed E-state index contributed by atoms with van der Waals surface area (Å²) in [5.74, 6) is 0.555. The first-order chi connectivity index (χ1) is 11.6. The number of carbonyl (C=O) groups is 1. The van der Waals surface area contributed by atoms with Gasteiger partial charge in [0.2, 0.25) is 0 Å². The Kier molecular flexibility index (Phi) is 6.29. The molecule has 24 heavy (non-hydrogen) atoms. The van der Waals surface area contributed by atoms with Crippen LogP contribution < -0.4 is 5.32 Å². The molecule has 0 radical (unpaired) electrons. The molecular weight excluding hydrogens is 300 g/mol. The zero-order chi connectivity index (χ0) is 17.5. The van der Waals surface area contributed by atoms with E-state index in [9.17, 15) is 4.79 Å². The first-order valence-electron chi connectivity index (χ1n) is 8.51. The largest absolute Gasteiger partial charge is 0.340 e. The molecule has 0 bridgehead atoms. The van der Waals surface area contributed by atoms with Crippen molar-refractivity contribution in [2.45, 2.75) is 40.0 Å². The van der Waals surface area contributed by atoms with Crippen LogP contribution in [0.1, 0.15) is 48.3 Å². The van der Waals surface area contributed by atoms with Crippen molar-refractivity contribution in [3.63, 3.8) is 0 Å². The maximum atomic E-state index is 12.3. The molecule has 2 rings (SSSR count). The molecule has 1 amide bonds. The van der Waals surface area contributed by atoms with E-state index in [1.165, 1.54) is 5.56 Å². The smallest absolute Gasteiger partial charge is 0.274 e. The van der Waals surface area contributed by atoms with Gasteiger partial charge < -0.3 is 10.2 Å². The Hall–Kier alpha value is -2.43. The van der Waals surface area contributed by atoms with E-state index >= 15 is 0 Å². The number of benzene rings is 1. The van der Waals surface area contributed by atoms with Gasteiger partial charge in [0.1, 0.15) is 0 Å². The molecule has 2 aromatic rings. The Morgan fingerprint density at radius 3 is 2.58 bits per heavy atom. The highest BCUT2D eigenvalue weighted by atomic mass is 16.2. The van der Waals surface area contributed by atoms with Crippen molar-refractivity contribution < 1.29 is 4.79 Å². The zero-order valence-electron chi connectivity index (χ0n) is 15.0. The van der Waals surface area contributed by atoms with Crippen molar-refractivity contribution in [3.8, 4) is 0 Å². The predicted octanol–water partition coefficient (Wildman–Crippen LogP) is 3.96. The average Bonchev–Trinajstić information content (AvgIpc) is 2.61. The quantitative estimate of drug-likeness (QED) is 0.836. The van der Waals surface area contributed by atoms with E-state index in [0.29, 0.717) is 11.5 Å². The lowest BCUT2D eigenvalue weighted by Gasteiger charge is -2.16. The third-order valence-corrected chi connectivity index (χ3v) is 4.07. The van der Waals surface area contributed by atoms with E-state index in [4.69, 9.17) is 0 Å². The Labute approximate surface area is 144 Å². The summed E-state index contributed by atoms with van der Waals surface area (Å²) in [4.78, 5) is 14.0. The van der Waals surface area contributed by atoms with Crippen molar-refractivity contribution in [1.29, 1.82) is 0 Å². The number of unbranched alkanes of at least 4 members (excludes halogenated alkanes) is 1. The van der Waals surface area contributed by atoms with Crippen molar-refractivity contribution >= 4 is 17.4 Å². The summed E-state index contributed by atoms with van der Waals surface area (Å²) < 4.78 is 0. The number of nitrogens with zero attached hydrogens (tertiary/aromatic N) is 3. The molecule has 0 fully saturated rings.